The highest BCUT2D eigenvalue weighted by molar-refractivity contribution is 7.89. The van der Waals surface area contributed by atoms with Gasteiger partial charge in [-0.2, -0.15) is 0 Å². The predicted octanol–water partition coefficient (Wildman–Crippen LogP) is 4.00. The highest BCUT2D eigenvalue weighted by Gasteiger charge is 2.45. The van der Waals surface area contributed by atoms with Crippen molar-refractivity contribution in [2.24, 2.45) is 10.6 Å². The topological polar surface area (TPSA) is 126 Å². The molecule has 1 aliphatic carbocycles. The van der Waals surface area contributed by atoms with Crippen molar-refractivity contribution in [1.82, 2.24) is 9.97 Å². The minimum Gasteiger partial charge on any atom is -0.313 e. The van der Waals surface area contributed by atoms with Gasteiger partial charge in [-0.3, -0.25) is 14.5 Å². The molecule has 2 aliphatic rings. The number of hydrogen-bond acceptors (Lipinski definition) is 6. The van der Waals surface area contributed by atoms with Gasteiger partial charge in [0.05, 0.1) is 16.8 Å². The summed E-state index contributed by atoms with van der Waals surface area (Å²) in [4.78, 5) is 35.8. The summed E-state index contributed by atoms with van der Waals surface area (Å²) < 4.78 is 23.6. The third-order valence-electron chi connectivity index (χ3n) is 6.45. The molecule has 3 aromatic rings. The van der Waals surface area contributed by atoms with Crippen molar-refractivity contribution in [3.8, 4) is 0 Å². The normalized spacial score (nSPS) is 19.4. The number of primary sulfonamides is 1. The van der Waals surface area contributed by atoms with E-state index < -0.39 is 15.9 Å². The number of nitrogens with one attached hydrogen (secondary N) is 1. The largest absolute Gasteiger partial charge is 0.313 e. The number of H-pyrrole nitrogens is 1. The fraction of sp³-hybridized carbons (Fsp3) is 0.240. The van der Waals surface area contributed by atoms with Gasteiger partial charge < -0.3 is 4.98 Å². The number of rotatable bonds is 3. The van der Waals surface area contributed by atoms with Crippen LogP contribution in [-0.2, 0) is 14.8 Å². The minimum atomic E-state index is -3.88. The van der Waals surface area contributed by atoms with Crippen LogP contribution < -0.4 is 15.6 Å². The van der Waals surface area contributed by atoms with Crippen LogP contribution in [0.15, 0.2) is 75.8 Å². The first-order valence-electron chi connectivity index (χ1n) is 11.0. The van der Waals surface area contributed by atoms with Crippen molar-refractivity contribution in [1.29, 1.82) is 0 Å². The lowest BCUT2D eigenvalue weighted by atomic mass is 9.68. The average molecular weight is 511 g/mol. The first kappa shape index (κ1) is 23.5. The molecule has 0 saturated heterocycles. The molecule has 2 aromatic carbocycles. The minimum absolute atomic E-state index is 0.0364. The Morgan fingerprint density at radius 2 is 1.71 bits per heavy atom. The zero-order valence-electron chi connectivity index (χ0n) is 19.1. The molecule has 1 atom stereocenters. The van der Waals surface area contributed by atoms with E-state index in [0.717, 1.165) is 11.3 Å². The lowest BCUT2D eigenvalue weighted by molar-refractivity contribution is -0.118. The molecule has 0 spiro atoms. The van der Waals surface area contributed by atoms with E-state index in [1.807, 2.05) is 26.0 Å². The number of carbonyl (C=O) groups is 1. The number of hydrogen-bond donors (Lipinski definition) is 2. The number of anilines is 2. The number of nitrogens with two attached hydrogens (primary N) is 1. The maximum Gasteiger partial charge on any atom is 0.257 e. The Balaban J connectivity index is 1.81. The number of ketones is 1. The standard InChI is InChI=1S/C25H23ClN4O4S/c1-25(2)11-18-21(19(31)12-25)20(14-3-5-15(26)6-4-14)22-23(28-13-29-24(22)32)30(18)16-7-9-17(10-8-16)35(27,33)34/h3-10,13,20H,11-12H2,1-2H3,(H2,27,33,34)(H,28,29,32). The summed E-state index contributed by atoms with van der Waals surface area (Å²) in [5, 5.41) is 5.82. The third-order valence-corrected chi connectivity index (χ3v) is 7.63. The number of fused-ring (bicyclic) bond motifs is 1. The van der Waals surface area contributed by atoms with Crippen LogP contribution in [0.25, 0.3) is 0 Å². The molecule has 0 saturated carbocycles. The number of nitrogens with zero attached hydrogens (tertiary/aromatic N) is 2. The monoisotopic (exact) mass is 510 g/mol. The van der Waals surface area contributed by atoms with E-state index in [1.165, 1.54) is 18.5 Å². The zero-order valence-corrected chi connectivity index (χ0v) is 20.7. The molecule has 35 heavy (non-hydrogen) atoms. The van der Waals surface area contributed by atoms with Gasteiger partial charge in [0.25, 0.3) is 5.56 Å². The van der Waals surface area contributed by atoms with E-state index in [9.17, 15) is 18.0 Å². The van der Waals surface area contributed by atoms with Gasteiger partial charge in [0.2, 0.25) is 10.0 Å². The molecule has 10 heteroatoms. The van der Waals surface area contributed by atoms with E-state index in [0.29, 0.717) is 40.5 Å². The number of carbonyl (C=O) groups excluding carboxylic acids is 1. The van der Waals surface area contributed by atoms with Crippen molar-refractivity contribution in [3.05, 3.63) is 92.6 Å². The first-order valence-corrected chi connectivity index (χ1v) is 12.9. The van der Waals surface area contributed by atoms with Crippen LogP contribution in [0.2, 0.25) is 5.02 Å². The number of allylic oxidation sites excluding steroid dienone is 2. The second-order valence-corrected chi connectivity index (χ2v) is 11.6. The van der Waals surface area contributed by atoms with Gasteiger partial charge in [-0.05, 0) is 53.8 Å². The number of sulfonamides is 1. The highest BCUT2D eigenvalue weighted by atomic mass is 35.5. The Morgan fingerprint density at radius 3 is 2.34 bits per heavy atom. The molecule has 1 aliphatic heterocycles. The van der Waals surface area contributed by atoms with Crippen molar-refractivity contribution in [3.63, 3.8) is 0 Å². The van der Waals surface area contributed by atoms with Gasteiger partial charge in [0.15, 0.2) is 5.78 Å². The van der Waals surface area contributed by atoms with E-state index in [4.69, 9.17) is 16.7 Å². The SMILES string of the molecule is CC1(C)CC(=O)C2=C(C1)N(c1ccc(S(N)(=O)=O)cc1)c1nc[nH]c(=O)c1C2c1ccc(Cl)cc1. The van der Waals surface area contributed by atoms with Gasteiger partial charge in [-0.25, -0.2) is 18.5 Å². The summed E-state index contributed by atoms with van der Waals surface area (Å²) in [5.41, 5.74) is 2.27. The van der Waals surface area contributed by atoms with Crippen LogP contribution in [0, 0.1) is 5.41 Å². The third kappa shape index (κ3) is 4.09. The smallest absolute Gasteiger partial charge is 0.257 e. The molecule has 0 radical (unpaired) electrons. The van der Waals surface area contributed by atoms with Crippen LogP contribution in [-0.4, -0.2) is 24.2 Å². The van der Waals surface area contributed by atoms with Gasteiger partial charge in [-0.1, -0.05) is 37.6 Å². The highest BCUT2D eigenvalue weighted by Crippen LogP contribution is 2.52. The molecule has 0 amide bonds. The molecule has 8 nitrogen and oxygen atoms in total. The summed E-state index contributed by atoms with van der Waals surface area (Å²) in [7, 11) is -3.88. The molecule has 3 N–H and O–H groups in total. The van der Waals surface area contributed by atoms with Crippen molar-refractivity contribution in [2.45, 2.75) is 37.5 Å². The summed E-state index contributed by atoms with van der Waals surface area (Å²) in [5.74, 6) is -0.268. The van der Waals surface area contributed by atoms with Gasteiger partial charge in [0.1, 0.15) is 5.82 Å². The number of aromatic nitrogens is 2. The molecule has 2 heterocycles. The Hall–Kier alpha value is -3.27. The molecule has 1 aromatic heterocycles. The van der Waals surface area contributed by atoms with Crippen LogP contribution in [0.4, 0.5) is 11.5 Å². The van der Waals surface area contributed by atoms with Gasteiger partial charge >= 0.3 is 0 Å². The number of Topliss-reactive ketones (excluding diaryl/α,β-unsaturated/α-hetero) is 1. The Bertz CT molecular complexity index is 1540. The van der Waals surface area contributed by atoms with Crippen LogP contribution in [0.5, 0.6) is 0 Å². The predicted molar refractivity (Wildman–Crippen MR) is 133 cm³/mol. The maximum absolute atomic E-state index is 13.6. The first-order chi connectivity index (χ1) is 16.5. The number of halogens is 1. The number of benzene rings is 2. The lowest BCUT2D eigenvalue weighted by Gasteiger charge is -2.43. The van der Waals surface area contributed by atoms with Crippen LogP contribution in [0.3, 0.4) is 0 Å². The van der Waals surface area contributed by atoms with Crippen LogP contribution >= 0.6 is 11.6 Å². The molecular formula is C25H23ClN4O4S. The molecule has 1 unspecified atom stereocenters. The Kier molecular flexibility index (Phi) is 5.47. The van der Waals surface area contributed by atoms with Gasteiger partial charge in [-0.15, -0.1) is 0 Å². The van der Waals surface area contributed by atoms with E-state index in [-0.39, 0.29) is 21.7 Å². The maximum atomic E-state index is 13.6. The summed E-state index contributed by atoms with van der Waals surface area (Å²) in [6.07, 6.45) is 2.22. The molecule has 180 valence electrons. The van der Waals surface area contributed by atoms with E-state index in [1.54, 1.807) is 29.2 Å². The van der Waals surface area contributed by atoms with Crippen molar-refractivity contribution >= 4 is 38.9 Å². The molecule has 0 fully saturated rings. The van der Waals surface area contributed by atoms with Crippen LogP contribution in [0.1, 0.15) is 43.7 Å². The lowest BCUT2D eigenvalue weighted by Crippen LogP contribution is -2.40. The van der Waals surface area contributed by atoms with E-state index >= 15 is 0 Å². The van der Waals surface area contributed by atoms with Gasteiger partial charge in [0, 0.05) is 34.3 Å². The second kappa shape index (κ2) is 8.15. The Labute approximate surface area is 207 Å². The fourth-order valence-corrected chi connectivity index (χ4v) is 5.63. The second-order valence-electron chi connectivity index (χ2n) is 9.63. The summed E-state index contributed by atoms with van der Waals surface area (Å²) in [6.45, 7) is 4.05. The summed E-state index contributed by atoms with van der Waals surface area (Å²) >= 11 is 6.11. The molecule has 0 bridgehead atoms. The quantitative estimate of drug-likeness (QED) is 0.548. The summed E-state index contributed by atoms with van der Waals surface area (Å²) in [6, 6.07) is 13.1. The zero-order chi connectivity index (χ0) is 25.1. The molecule has 5 rings (SSSR count). The average Bonchev–Trinajstić information content (AvgIpc) is 2.77. The van der Waals surface area contributed by atoms with Crippen molar-refractivity contribution in [2.75, 3.05) is 4.90 Å². The Morgan fingerprint density at radius 1 is 1.06 bits per heavy atom. The fourth-order valence-electron chi connectivity index (χ4n) is 4.99. The molecular weight excluding hydrogens is 488 g/mol. The van der Waals surface area contributed by atoms with Crippen molar-refractivity contribution < 1.29 is 13.2 Å². The number of aromatic amines is 1. The van der Waals surface area contributed by atoms with E-state index in [2.05, 4.69) is 9.97 Å².